The molecular weight excluding hydrogens is 294 g/mol. The lowest BCUT2D eigenvalue weighted by molar-refractivity contribution is -0.136. The number of carbonyl (C=O) groups excluding carboxylic acids is 2. The molecule has 1 saturated carbocycles. The van der Waals surface area contributed by atoms with Crippen molar-refractivity contribution in [3.8, 4) is 0 Å². The highest BCUT2D eigenvalue weighted by Gasteiger charge is 2.28. The molecule has 0 aliphatic heterocycles. The van der Waals surface area contributed by atoms with Gasteiger partial charge in [0.05, 0.1) is 6.26 Å². The van der Waals surface area contributed by atoms with E-state index in [1.165, 1.54) is 18.4 Å². The smallest absolute Gasteiger partial charge is 0.331 e. The third-order valence-electron chi connectivity index (χ3n) is 3.97. The first-order valence-electron chi connectivity index (χ1n) is 7.66. The second-order valence-corrected chi connectivity index (χ2v) is 5.77. The second kappa shape index (κ2) is 6.28. The number of esters is 1. The first-order chi connectivity index (χ1) is 11.1. The van der Waals surface area contributed by atoms with Gasteiger partial charge in [0.2, 0.25) is 5.78 Å². The zero-order chi connectivity index (χ0) is 16.4. The van der Waals surface area contributed by atoms with Crippen LogP contribution in [-0.4, -0.2) is 22.9 Å². The van der Waals surface area contributed by atoms with Gasteiger partial charge in [0.1, 0.15) is 5.76 Å². The standard InChI is InChI=1S/C18H19NO4/c1-12-10-16(13(2)19(12)14-5-6-14)17(20)11-23-18(21)8-7-15-4-3-9-22-15/h3-4,7-10,14H,5-6,11H2,1-2H3/b8-7+. The Kier molecular flexibility index (Phi) is 4.19. The molecule has 0 unspecified atom stereocenters. The lowest BCUT2D eigenvalue weighted by Gasteiger charge is -2.07. The summed E-state index contributed by atoms with van der Waals surface area (Å²) in [6, 6.07) is 5.85. The lowest BCUT2D eigenvalue weighted by atomic mass is 10.1. The van der Waals surface area contributed by atoms with E-state index in [4.69, 9.17) is 9.15 Å². The van der Waals surface area contributed by atoms with Crippen LogP contribution in [0.1, 0.15) is 46.4 Å². The topological polar surface area (TPSA) is 61.4 Å². The number of aromatic nitrogens is 1. The average Bonchev–Trinajstić information content (AvgIpc) is 3.12. The van der Waals surface area contributed by atoms with Crippen molar-refractivity contribution in [1.29, 1.82) is 0 Å². The van der Waals surface area contributed by atoms with Gasteiger partial charge in [-0.3, -0.25) is 4.79 Å². The first-order valence-corrected chi connectivity index (χ1v) is 7.66. The number of furan rings is 1. The Morgan fingerprint density at radius 3 is 2.83 bits per heavy atom. The number of ketones is 1. The van der Waals surface area contributed by atoms with Crippen LogP contribution >= 0.6 is 0 Å². The predicted molar refractivity (Wildman–Crippen MR) is 85.2 cm³/mol. The summed E-state index contributed by atoms with van der Waals surface area (Å²) in [5.41, 5.74) is 2.67. The predicted octanol–water partition coefficient (Wildman–Crippen LogP) is 3.47. The summed E-state index contributed by atoms with van der Waals surface area (Å²) in [4.78, 5) is 23.9. The molecule has 2 heterocycles. The number of hydrogen-bond donors (Lipinski definition) is 0. The van der Waals surface area contributed by atoms with Crippen molar-refractivity contribution >= 4 is 17.8 Å². The third kappa shape index (κ3) is 3.44. The van der Waals surface area contributed by atoms with Crippen molar-refractivity contribution in [1.82, 2.24) is 4.57 Å². The molecule has 0 spiro atoms. The fourth-order valence-electron chi connectivity index (χ4n) is 2.75. The number of aryl methyl sites for hydroxylation is 1. The Hall–Kier alpha value is -2.56. The normalized spacial score (nSPS) is 14.3. The van der Waals surface area contributed by atoms with E-state index in [0.717, 1.165) is 24.2 Å². The summed E-state index contributed by atoms with van der Waals surface area (Å²) >= 11 is 0. The summed E-state index contributed by atoms with van der Waals surface area (Å²) in [5, 5.41) is 0. The molecule has 2 aromatic heterocycles. The molecule has 0 saturated heterocycles. The molecule has 0 aromatic carbocycles. The van der Waals surface area contributed by atoms with Crippen molar-refractivity contribution in [2.24, 2.45) is 0 Å². The molecule has 5 nitrogen and oxygen atoms in total. The molecule has 120 valence electrons. The summed E-state index contributed by atoms with van der Waals surface area (Å²) in [7, 11) is 0. The van der Waals surface area contributed by atoms with Crippen molar-refractivity contribution in [2.45, 2.75) is 32.7 Å². The Balaban J connectivity index is 1.59. The van der Waals surface area contributed by atoms with Crippen LogP contribution in [-0.2, 0) is 9.53 Å². The molecule has 1 aliphatic carbocycles. The Morgan fingerprint density at radius 1 is 1.39 bits per heavy atom. The number of Topliss-reactive ketones (excluding diaryl/α,β-unsaturated/α-hetero) is 1. The van der Waals surface area contributed by atoms with E-state index in [2.05, 4.69) is 4.57 Å². The van der Waals surface area contributed by atoms with E-state index < -0.39 is 5.97 Å². The maximum Gasteiger partial charge on any atom is 0.331 e. The van der Waals surface area contributed by atoms with E-state index >= 15 is 0 Å². The van der Waals surface area contributed by atoms with Crippen LogP contribution < -0.4 is 0 Å². The van der Waals surface area contributed by atoms with Gasteiger partial charge >= 0.3 is 5.97 Å². The van der Waals surface area contributed by atoms with Crippen LogP contribution in [0.2, 0.25) is 0 Å². The fourth-order valence-corrected chi connectivity index (χ4v) is 2.75. The minimum absolute atomic E-state index is 0.176. The molecule has 1 fully saturated rings. The number of hydrogen-bond acceptors (Lipinski definition) is 4. The van der Waals surface area contributed by atoms with Crippen molar-refractivity contribution in [2.75, 3.05) is 6.61 Å². The average molecular weight is 313 g/mol. The van der Waals surface area contributed by atoms with Gasteiger partial charge in [-0.2, -0.15) is 0 Å². The SMILES string of the molecule is Cc1cc(C(=O)COC(=O)/C=C/c2ccco2)c(C)n1C1CC1. The number of rotatable bonds is 6. The molecule has 2 aromatic rings. The zero-order valence-electron chi connectivity index (χ0n) is 13.2. The molecule has 0 atom stereocenters. The molecule has 0 radical (unpaired) electrons. The van der Waals surface area contributed by atoms with E-state index in [0.29, 0.717) is 17.4 Å². The molecule has 0 N–H and O–H groups in total. The minimum atomic E-state index is -0.564. The van der Waals surface area contributed by atoms with Crippen LogP contribution in [0.5, 0.6) is 0 Å². The quantitative estimate of drug-likeness (QED) is 0.465. The lowest BCUT2D eigenvalue weighted by Crippen LogP contribution is -2.13. The van der Waals surface area contributed by atoms with Crippen molar-refractivity contribution in [3.63, 3.8) is 0 Å². The monoisotopic (exact) mass is 313 g/mol. The number of nitrogens with zero attached hydrogens (tertiary/aromatic N) is 1. The number of ether oxygens (including phenoxy) is 1. The highest BCUT2D eigenvalue weighted by Crippen LogP contribution is 2.38. The third-order valence-corrected chi connectivity index (χ3v) is 3.97. The van der Waals surface area contributed by atoms with Crippen LogP contribution in [0.4, 0.5) is 0 Å². The Bertz CT molecular complexity index is 748. The van der Waals surface area contributed by atoms with Gasteiger partial charge in [0.15, 0.2) is 6.61 Å². The number of carbonyl (C=O) groups is 2. The molecular formula is C18H19NO4. The highest BCUT2D eigenvalue weighted by atomic mass is 16.5. The summed E-state index contributed by atoms with van der Waals surface area (Å²) in [5.74, 6) is -0.184. The molecule has 1 aliphatic rings. The van der Waals surface area contributed by atoms with E-state index in [9.17, 15) is 9.59 Å². The van der Waals surface area contributed by atoms with E-state index in [1.54, 1.807) is 12.1 Å². The van der Waals surface area contributed by atoms with Crippen LogP contribution in [0.25, 0.3) is 6.08 Å². The van der Waals surface area contributed by atoms with Crippen LogP contribution in [0, 0.1) is 13.8 Å². The van der Waals surface area contributed by atoms with Gasteiger partial charge < -0.3 is 13.7 Å². The van der Waals surface area contributed by atoms with Gasteiger partial charge in [-0.15, -0.1) is 0 Å². The maximum atomic E-state index is 12.3. The summed E-state index contributed by atoms with van der Waals surface area (Å²) in [6.07, 6.45) is 6.60. The maximum absolute atomic E-state index is 12.3. The fraction of sp³-hybridized carbons (Fsp3) is 0.333. The summed E-state index contributed by atoms with van der Waals surface area (Å²) in [6.45, 7) is 3.69. The molecule has 0 amide bonds. The van der Waals surface area contributed by atoms with E-state index in [1.807, 2.05) is 19.9 Å². The van der Waals surface area contributed by atoms with E-state index in [-0.39, 0.29) is 12.4 Å². The Morgan fingerprint density at radius 2 is 2.17 bits per heavy atom. The largest absolute Gasteiger partial charge is 0.465 e. The summed E-state index contributed by atoms with van der Waals surface area (Å²) < 4.78 is 12.3. The second-order valence-electron chi connectivity index (χ2n) is 5.77. The van der Waals surface area contributed by atoms with Crippen molar-refractivity contribution in [3.05, 3.63) is 53.2 Å². The zero-order valence-corrected chi connectivity index (χ0v) is 13.2. The molecule has 3 rings (SSSR count). The van der Waals surface area contributed by atoms with Crippen LogP contribution in [0.15, 0.2) is 35.0 Å². The van der Waals surface area contributed by atoms with Gasteiger partial charge in [0.25, 0.3) is 0 Å². The van der Waals surface area contributed by atoms with Gasteiger partial charge in [-0.1, -0.05) is 0 Å². The first kappa shape index (κ1) is 15.3. The highest BCUT2D eigenvalue weighted by molar-refractivity contribution is 6.00. The molecule has 0 bridgehead atoms. The van der Waals surface area contributed by atoms with Crippen molar-refractivity contribution < 1.29 is 18.7 Å². The van der Waals surface area contributed by atoms with Crippen LogP contribution in [0.3, 0.4) is 0 Å². The van der Waals surface area contributed by atoms with Gasteiger partial charge in [-0.25, -0.2) is 4.79 Å². The minimum Gasteiger partial charge on any atom is -0.465 e. The molecule has 5 heteroatoms. The molecule has 23 heavy (non-hydrogen) atoms. The Labute approximate surface area is 134 Å². The van der Waals surface area contributed by atoms with Gasteiger partial charge in [-0.05, 0) is 51.0 Å². The van der Waals surface area contributed by atoms with Gasteiger partial charge in [0, 0.05) is 29.1 Å².